The molecule has 0 aliphatic carbocycles. The molecule has 3 nitrogen and oxygen atoms in total. The standard InChI is InChI=1S/C24H20BrNO2/c1-16-7-9-18(10-8-16)21-22(19-11-13-20(25)14-12-19)26(24(28)23(21)27)15-17-5-3-2-4-6-17/h2-14,22,27H,15H2,1H3. The maximum atomic E-state index is 13.0. The van der Waals surface area contributed by atoms with E-state index in [9.17, 15) is 9.90 Å². The molecule has 1 heterocycles. The molecule has 0 aromatic heterocycles. The normalized spacial score (nSPS) is 16.7. The molecular weight excluding hydrogens is 414 g/mol. The van der Waals surface area contributed by atoms with Gasteiger partial charge in [0.25, 0.3) is 5.91 Å². The molecule has 1 atom stereocenters. The van der Waals surface area contributed by atoms with E-state index in [2.05, 4.69) is 15.9 Å². The second-order valence-corrected chi connectivity index (χ2v) is 7.92. The van der Waals surface area contributed by atoms with E-state index in [0.717, 1.165) is 26.7 Å². The maximum absolute atomic E-state index is 13.0. The number of benzene rings is 3. The highest BCUT2D eigenvalue weighted by Crippen LogP contribution is 2.43. The van der Waals surface area contributed by atoms with Crippen LogP contribution in [0.5, 0.6) is 0 Å². The number of hydrogen-bond acceptors (Lipinski definition) is 2. The molecule has 1 aliphatic rings. The highest BCUT2D eigenvalue weighted by Gasteiger charge is 2.40. The first-order chi connectivity index (χ1) is 13.5. The molecule has 1 aliphatic heterocycles. The Bertz CT molecular complexity index is 1020. The highest BCUT2D eigenvalue weighted by molar-refractivity contribution is 9.10. The summed E-state index contributed by atoms with van der Waals surface area (Å²) < 4.78 is 0.972. The van der Waals surface area contributed by atoms with Crippen LogP contribution < -0.4 is 0 Å². The number of rotatable bonds is 4. The Morgan fingerprint density at radius 2 is 1.57 bits per heavy atom. The number of hydrogen-bond donors (Lipinski definition) is 1. The predicted octanol–water partition coefficient (Wildman–Crippen LogP) is 5.81. The zero-order chi connectivity index (χ0) is 19.7. The minimum Gasteiger partial charge on any atom is -0.503 e. The van der Waals surface area contributed by atoms with Crippen LogP contribution in [0.1, 0.15) is 28.3 Å². The lowest BCUT2D eigenvalue weighted by Gasteiger charge is -2.27. The summed E-state index contributed by atoms with van der Waals surface area (Å²) in [6.45, 7) is 2.45. The predicted molar refractivity (Wildman–Crippen MR) is 115 cm³/mol. The van der Waals surface area contributed by atoms with Gasteiger partial charge in [-0.25, -0.2) is 0 Å². The number of aryl methyl sites for hydroxylation is 1. The van der Waals surface area contributed by atoms with E-state index in [-0.39, 0.29) is 17.7 Å². The van der Waals surface area contributed by atoms with Gasteiger partial charge in [0.2, 0.25) is 0 Å². The quantitative estimate of drug-likeness (QED) is 0.563. The van der Waals surface area contributed by atoms with Gasteiger partial charge in [-0.15, -0.1) is 0 Å². The molecule has 0 fully saturated rings. The van der Waals surface area contributed by atoms with E-state index >= 15 is 0 Å². The molecule has 0 saturated carbocycles. The summed E-state index contributed by atoms with van der Waals surface area (Å²) in [5.41, 5.74) is 4.64. The molecule has 3 aromatic rings. The van der Waals surface area contributed by atoms with Crippen molar-refractivity contribution in [3.63, 3.8) is 0 Å². The van der Waals surface area contributed by atoms with E-state index in [0.29, 0.717) is 12.1 Å². The molecule has 0 bridgehead atoms. The second-order valence-electron chi connectivity index (χ2n) is 7.00. The summed E-state index contributed by atoms with van der Waals surface area (Å²) >= 11 is 3.47. The van der Waals surface area contributed by atoms with Gasteiger partial charge in [0.15, 0.2) is 5.76 Å². The van der Waals surface area contributed by atoms with Crippen molar-refractivity contribution < 1.29 is 9.90 Å². The van der Waals surface area contributed by atoms with Gasteiger partial charge in [0, 0.05) is 16.6 Å². The van der Waals surface area contributed by atoms with Gasteiger partial charge < -0.3 is 10.0 Å². The van der Waals surface area contributed by atoms with Crippen LogP contribution in [0.2, 0.25) is 0 Å². The number of aliphatic hydroxyl groups excluding tert-OH is 1. The Morgan fingerprint density at radius 1 is 0.929 bits per heavy atom. The van der Waals surface area contributed by atoms with Crippen molar-refractivity contribution in [3.05, 3.63) is 111 Å². The Morgan fingerprint density at radius 3 is 2.21 bits per heavy atom. The highest BCUT2D eigenvalue weighted by atomic mass is 79.9. The topological polar surface area (TPSA) is 40.5 Å². The lowest BCUT2D eigenvalue weighted by atomic mass is 9.93. The molecule has 4 rings (SSSR count). The average molecular weight is 434 g/mol. The van der Waals surface area contributed by atoms with Gasteiger partial charge in [-0.1, -0.05) is 88.2 Å². The minimum absolute atomic E-state index is 0.173. The fourth-order valence-corrected chi connectivity index (χ4v) is 3.88. The third-order valence-corrected chi connectivity index (χ3v) is 5.58. The molecule has 3 aromatic carbocycles. The van der Waals surface area contributed by atoms with Crippen LogP contribution in [-0.4, -0.2) is 15.9 Å². The summed E-state index contributed by atoms with van der Waals surface area (Å²) in [5.74, 6) is -0.514. The zero-order valence-electron chi connectivity index (χ0n) is 15.5. The van der Waals surface area contributed by atoms with Crippen LogP contribution in [0.4, 0.5) is 0 Å². The first-order valence-electron chi connectivity index (χ1n) is 9.15. The van der Waals surface area contributed by atoms with Gasteiger partial charge in [-0.2, -0.15) is 0 Å². The lowest BCUT2D eigenvalue weighted by molar-refractivity contribution is -0.130. The van der Waals surface area contributed by atoms with Gasteiger partial charge in [-0.3, -0.25) is 4.79 Å². The Hall–Kier alpha value is -2.85. The Kier molecular flexibility index (Phi) is 5.05. The maximum Gasteiger partial charge on any atom is 0.290 e. The molecule has 0 saturated heterocycles. The van der Waals surface area contributed by atoms with Crippen molar-refractivity contribution in [1.82, 2.24) is 4.90 Å². The number of halogens is 1. The van der Waals surface area contributed by atoms with E-state index in [1.54, 1.807) is 4.90 Å². The van der Waals surface area contributed by atoms with Crippen LogP contribution in [0, 0.1) is 6.92 Å². The number of carbonyl (C=O) groups is 1. The summed E-state index contributed by atoms with van der Waals surface area (Å²) in [7, 11) is 0. The second kappa shape index (κ2) is 7.64. The largest absolute Gasteiger partial charge is 0.503 e. The molecule has 1 amide bonds. The first-order valence-corrected chi connectivity index (χ1v) is 9.94. The fourth-order valence-electron chi connectivity index (χ4n) is 3.62. The van der Waals surface area contributed by atoms with Crippen molar-refractivity contribution in [2.24, 2.45) is 0 Å². The lowest BCUT2D eigenvalue weighted by Crippen LogP contribution is -2.29. The molecule has 140 valence electrons. The van der Waals surface area contributed by atoms with E-state index in [1.807, 2.05) is 85.8 Å². The molecule has 4 heteroatoms. The summed E-state index contributed by atoms with van der Waals surface area (Å²) in [5, 5.41) is 10.8. The third kappa shape index (κ3) is 3.48. The van der Waals surface area contributed by atoms with Gasteiger partial charge in [0.1, 0.15) is 0 Å². The van der Waals surface area contributed by atoms with Gasteiger partial charge in [-0.05, 0) is 35.7 Å². The number of nitrogens with zero attached hydrogens (tertiary/aromatic N) is 1. The molecule has 0 radical (unpaired) electrons. The van der Waals surface area contributed by atoms with E-state index in [4.69, 9.17) is 0 Å². The van der Waals surface area contributed by atoms with Crippen molar-refractivity contribution in [1.29, 1.82) is 0 Å². The van der Waals surface area contributed by atoms with Crippen LogP contribution in [0.25, 0.3) is 5.57 Å². The van der Waals surface area contributed by atoms with Crippen molar-refractivity contribution >= 4 is 27.4 Å². The summed E-state index contributed by atoms with van der Waals surface area (Å²) in [4.78, 5) is 14.8. The van der Waals surface area contributed by atoms with Crippen molar-refractivity contribution in [2.45, 2.75) is 19.5 Å². The fraction of sp³-hybridized carbons (Fsp3) is 0.125. The number of aliphatic hydroxyl groups is 1. The van der Waals surface area contributed by atoms with Crippen LogP contribution in [0.3, 0.4) is 0 Å². The van der Waals surface area contributed by atoms with Crippen molar-refractivity contribution in [2.75, 3.05) is 0 Å². The molecule has 1 unspecified atom stereocenters. The van der Waals surface area contributed by atoms with Crippen LogP contribution in [-0.2, 0) is 11.3 Å². The Balaban J connectivity index is 1.81. The van der Waals surface area contributed by atoms with Gasteiger partial charge in [0.05, 0.1) is 6.04 Å². The van der Waals surface area contributed by atoms with Crippen LogP contribution in [0.15, 0.2) is 89.1 Å². The van der Waals surface area contributed by atoms with Crippen molar-refractivity contribution in [3.8, 4) is 0 Å². The monoisotopic (exact) mass is 433 g/mol. The zero-order valence-corrected chi connectivity index (χ0v) is 17.1. The average Bonchev–Trinajstić information content (AvgIpc) is 2.95. The number of amides is 1. The van der Waals surface area contributed by atoms with Crippen LogP contribution >= 0.6 is 15.9 Å². The van der Waals surface area contributed by atoms with E-state index < -0.39 is 0 Å². The number of carbonyl (C=O) groups excluding carboxylic acids is 1. The van der Waals surface area contributed by atoms with E-state index in [1.165, 1.54) is 0 Å². The Labute approximate surface area is 173 Å². The third-order valence-electron chi connectivity index (χ3n) is 5.05. The van der Waals surface area contributed by atoms with Gasteiger partial charge >= 0.3 is 0 Å². The molecule has 28 heavy (non-hydrogen) atoms. The summed E-state index contributed by atoms with van der Waals surface area (Å²) in [6, 6.07) is 25.3. The molecule has 0 spiro atoms. The summed E-state index contributed by atoms with van der Waals surface area (Å²) in [6.07, 6.45) is 0. The smallest absolute Gasteiger partial charge is 0.290 e. The molecule has 1 N–H and O–H groups in total. The molecular formula is C24H20BrNO2. The SMILES string of the molecule is Cc1ccc(C2=C(O)C(=O)N(Cc3ccccc3)C2c2ccc(Br)cc2)cc1. The minimum atomic E-state index is -0.344. The first kappa shape index (κ1) is 18.5.